The van der Waals surface area contributed by atoms with Crippen LogP contribution in [0.2, 0.25) is 0 Å². The maximum absolute atomic E-state index is 12.4. The Balaban J connectivity index is 1.21. The lowest BCUT2D eigenvalue weighted by atomic mass is 10.1. The first-order valence-corrected chi connectivity index (χ1v) is 9.73. The summed E-state index contributed by atoms with van der Waals surface area (Å²) in [6, 6.07) is 13.5. The van der Waals surface area contributed by atoms with Crippen molar-refractivity contribution in [2.24, 2.45) is 0 Å². The molecular weight excluding hydrogens is 356 g/mol. The van der Waals surface area contributed by atoms with Crippen LogP contribution in [0.15, 0.2) is 42.5 Å². The Kier molecular flexibility index (Phi) is 5.46. The van der Waals surface area contributed by atoms with Gasteiger partial charge in [-0.15, -0.1) is 0 Å². The number of anilines is 1. The predicted octanol–water partition coefficient (Wildman–Crippen LogP) is 2.60. The Morgan fingerprint density at radius 2 is 1.82 bits per heavy atom. The Morgan fingerprint density at radius 3 is 2.71 bits per heavy atom. The van der Waals surface area contributed by atoms with Gasteiger partial charge in [0.1, 0.15) is 13.2 Å². The first-order valence-electron chi connectivity index (χ1n) is 9.73. The summed E-state index contributed by atoms with van der Waals surface area (Å²) in [6.07, 6.45) is 1.41. The van der Waals surface area contributed by atoms with Crippen LogP contribution in [-0.2, 0) is 11.2 Å². The van der Waals surface area contributed by atoms with Gasteiger partial charge in [0, 0.05) is 43.7 Å². The third-order valence-electron chi connectivity index (χ3n) is 5.13. The monoisotopic (exact) mass is 380 g/mol. The number of hydrogen-bond acceptors (Lipinski definition) is 5. The maximum atomic E-state index is 12.4. The average Bonchev–Trinajstić information content (AvgIpc) is 3.15. The molecule has 0 fully saturated rings. The first kappa shape index (κ1) is 18.3. The lowest BCUT2D eigenvalue weighted by Crippen LogP contribution is -2.34. The van der Waals surface area contributed by atoms with Gasteiger partial charge in [0.25, 0.3) is 0 Å². The lowest BCUT2D eigenvalue weighted by Gasteiger charge is -2.19. The zero-order chi connectivity index (χ0) is 19.3. The van der Waals surface area contributed by atoms with Crippen LogP contribution in [0.5, 0.6) is 11.5 Å². The van der Waals surface area contributed by atoms with Crippen LogP contribution in [0.1, 0.15) is 28.8 Å². The van der Waals surface area contributed by atoms with Gasteiger partial charge in [0.15, 0.2) is 17.3 Å². The highest BCUT2D eigenvalue weighted by Crippen LogP contribution is 2.31. The lowest BCUT2D eigenvalue weighted by molar-refractivity contribution is -0.121. The molecule has 0 aliphatic carbocycles. The van der Waals surface area contributed by atoms with Crippen LogP contribution in [-0.4, -0.2) is 44.5 Å². The third-order valence-corrected chi connectivity index (χ3v) is 5.13. The minimum atomic E-state index is -0.0987. The topological polar surface area (TPSA) is 67.9 Å². The molecule has 28 heavy (non-hydrogen) atoms. The normalized spacial score (nSPS) is 14.5. The number of ether oxygens (including phenoxy) is 2. The van der Waals surface area contributed by atoms with E-state index < -0.39 is 0 Å². The number of para-hydroxylation sites is 1. The molecule has 0 unspecified atom stereocenters. The predicted molar refractivity (Wildman–Crippen MR) is 106 cm³/mol. The number of nitrogens with one attached hydrogen (secondary N) is 1. The molecule has 0 radical (unpaired) electrons. The van der Waals surface area contributed by atoms with E-state index >= 15 is 0 Å². The Morgan fingerprint density at radius 1 is 1.00 bits per heavy atom. The molecule has 1 N–H and O–H groups in total. The number of hydrogen-bond donors (Lipinski definition) is 1. The highest BCUT2D eigenvalue weighted by molar-refractivity contribution is 5.98. The summed E-state index contributed by atoms with van der Waals surface area (Å²) in [4.78, 5) is 26.8. The van der Waals surface area contributed by atoms with E-state index in [0.29, 0.717) is 36.8 Å². The van der Waals surface area contributed by atoms with Crippen molar-refractivity contribution in [1.82, 2.24) is 5.32 Å². The molecule has 0 saturated heterocycles. The number of Topliss-reactive ketones (excluding diaryl/α,β-unsaturated/α-hetero) is 1. The smallest absolute Gasteiger partial charge is 0.220 e. The van der Waals surface area contributed by atoms with Gasteiger partial charge in [-0.3, -0.25) is 9.59 Å². The quantitative estimate of drug-likeness (QED) is 0.748. The minimum Gasteiger partial charge on any atom is -0.486 e. The van der Waals surface area contributed by atoms with Crippen LogP contribution < -0.4 is 19.7 Å². The summed E-state index contributed by atoms with van der Waals surface area (Å²) < 4.78 is 11.0. The van der Waals surface area contributed by atoms with E-state index in [1.807, 2.05) is 6.07 Å². The molecule has 4 rings (SSSR count). The fourth-order valence-corrected chi connectivity index (χ4v) is 3.65. The molecule has 0 saturated carbocycles. The van der Waals surface area contributed by atoms with Crippen molar-refractivity contribution in [3.63, 3.8) is 0 Å². The second-order valence-electron chi connectivity index (χ2n) is 7.00. The van der Waals surface area contributed by atoms with Crippen LogP contribution in [0.4, 0.5) is 5.69 Å². The average molecular weight is 380 g/mol. The summed E-state index contributed by atoms with van der Waals surface area (Å²) in [6.45, 7) is 3.33. The number of nitrogens with zero attached hydrogens (tertiary/aromatic N) is 1. The number of fused-ring (bicyclic) bond motifs is 2. The van der Waals surface area contributed by atoms with Gasteiger partial charge in [0.05, 0.1) is 0 Å². The van der Waals surface area contributed by atoms with Gasteiger partial charge in [-0.05, 0) is 36.2 Å². The van der Waals surface area contributed by atoms with Crippen molar-refractivity contribution in [2.75, 3.05) is 37.7 Å². The molecule has 2 aromatic carbocycles. The van der Waals surface area contributed by atoms with Gasteiger partial charge < -0.3 is 19.7 Å². The van der Waals surface area contributed by atoms with Gasteiger partial charge in [0.2, 0.25) is 5.91 Å². The van der Waals surface area contributed by atoms with Crippen LogP contribution in [0.25, 0.3) is 0 Å². The molecule has 2 aromatic rings. The molecule has 0 bridgehead atoms. The second-order valence-corrected chi connectivity index (χ2v) is 7.00. The van der Waals surface area contributed by atoms with E-state index in [4.69, 9.17) is 9.47 Å². The van der Waals surface area contributed by atoms with E-state index in [1.54, 1.807) is 18.2 Å². The minimum absolute atomic E-state index is 0.0689. The Hall–Kier alpha value is -3.02. The molecule has 2 heterocycles. The van der Waals surface area contributed by atoms with Crippen molar-refractivity contribution in [1.29, 1.82) is 0 Å². The molecule has 146 valence electrons. The number of benzene rings is 2. The number of carbonyl (C=O) groups excluding carboxylic acids is 2. The number of amides is 1. The number of carbonyl (C=O) groups is 2. The van der Waals surface area contributed by atoms with Crippen LogP contribution in [0, 0.1) is 0 Å². The van der Waals surface area contributed by atoms with Crippen molar-refractivity contribution >= 4 is 17.4 Å². The number of ketones is 1. The second kappa shape index (κ2) is 8.33. The highest BCUT2D eigenvalue weighted by Gasteiger charge is 2.18. The third kappa shape index (κ3) is 4.11. The first-order chi connectivity index (χ1) is 13.7. The highest BCUT2D eigenvalue weighted by atomic mass is 16.6. The van der Waals surface area contributed by atoms with Crippen molar-refractivity contribution in [3.05, 3.63) is 53.6 Å². The summed E-state index contributed by atoms with van der Waals surface area (Å²) >= 11 is 0. The number of rotatable bonds is 7. The van der Waals surface area contributed by atoms with Gasteiger partial charge in [-0.25, -0.2) is 0 Å². The van der Waals surface area contributed by atoms with E-state index in [2.05, 4.69) is 28.4 Å². The molecule has 6 nitrogen and oxygen atoms in total. The largest absolute Gasteiger partial charge is 0.486 e. The summed E-state index contributed by atoms with van der Waals surface area (Å²) in [5.74, 6) is 1.08. The van der Waals surface area contributed by atoms with E-state index in [1.165, 1.54) is 11.3 Å². The molecule has 0 atom stereocenters. The van der Waals surface area contributed by atoms with Crippen LogP contribution >= 0.6 is 0 Å². The fraction of sp³-hybridized carbons (Fsp3) is 0.364. The van der Waals surface area contributed by atoms with Crippen molar-refractivity contribution < 1.29 is 19.1 Å². The maximum Gasteiger partial charge on any atom is 0.220 e. The Bertz CT molecular complexity index is 881. The van der Waals surface area contributed by atoms with E-state index in [9.17, 15) is 9.59 Å². The zero-order valence-corrected chi connectivity index (χ0v) is 15.8. The molecule has 2 aliphatic rings. The van der Waals surface area contributed by atoms with Gasteiger partial charge >= 0.3 is 0 Å². The fourth-order valence-electron chi connectivity index (χ4n) is 3.65. The van der Waals surface area contributed by atoms with Crippen molar-refractivity contribution in [3.8, 4) is 11.5 Å². The molecule has 6 heteroatoms. The summed E-state index contributed by atoms with van der Waals surface area (Å²) in [7, 11) is 0. The standard InChI is InChI=1S/C22H24N2O4/c25-19(17-5-7-20-21(15-17)28-14-13-27-20)6-8-22(26)23-10-12-24-11-9-16-3-1-2-4-18(16)24/h1-5,7,15H,6,8-14H2,(H,23,26). The Labute approximate surface area is 164 Å². The molecular formula is C22H24N2O4. The van der Waals surface area contributed by atoms with E-state index in [-0.39, 0.29) is 24.5 Å². The van der Waals surface area contributed by atoms with Gasteiger partial charge in [-0.2, -0.15) is 0 Å². The summed E-state index contributed by atoms with van der Waals surface area (Å²) in [5, 5.41) is 2.92. The SMILES string of the molecule is O=C(CCC(=O)c1ccc2c(c1)OCCO2)NCCN1CCc2ccccc21. The molecule has 1 amide bonds. The zero-order valence-electron chi connectivity index (χ0n) is 15.8. The van der Waals surface area contributed by atoms with Crippen LogP contribution in [0.3, 0.4) is 0 Å². The summed E-state index contributed by atoms with van der Waals surface area (Å²) in [5.41, 5.74) is 3.16. The van der Waals surface area contributed by atoms with Gasteiger partial charge in [-0.1, -0.05) is 18.2 Å². The van der Waals surface area contributed by atoms with Crippen molar-refractivity contribution in [2.45, 2.75) is 19.3 Å². The van der Waals surface area contributed by atoms with E-state index in [0.717, 1.165) is 19.5 Å². The molecule has 0 spiro atoms. The molecule has 2 aliphatic heterocycles. The molecule has 0 aromatic heterocycles.